The second kappa shape index (κ2) is 9.47. The lowest BCUT2D eigenvalue weighted by atomic mass is 10.2. The number of ether oxygens (including phenoxy) is 3. The standard InChI is InChI=1S/C20H18ClN3O5S/c1-27-12-5-3-11(4-6-12)16-10-30-20(23-16)24-18(25)9-29-19(26)13-7-14(21)15(22)8-17(13)28-2/h3-8,10H,9,22H2,1-2H3,(H,23,24,25). The molecule has 2 aromatic carbocycles. The fourth-order valence-corrected chi connectivity index (χ4v) is 3.39. The largest absolute Gasteiger partial charge is 0.497 e. The summed E-state index contributed by atoms with van der Waals surface area (Å²) in [5.41, 5.74) is 7.61. The highest BCUT2D eigenvalue weighted by Crippen LogP contribution is 2.29. The number of carbonyl (C=O) groups excluding carboxylic acids is 2. The Labute approximate surface area is 181 Å². The molecule has 1 amide bonds. The van der Waals surface area contributed by atoms with Crippen molar-refractivity contribution in [3.05, 3.63) is 52.4 Å². The minimum atomic E-state index is -0.762. The molecule has 10 heteroatoms. The molecular weight excluding hydrogens is 430 g/mol. The van der Waals surface area contributed by atoms with E-state index in [-0.39, 0.29) is 22.0 Å². The summed E-state index contributed by atoms with van der Waals surface area (Å²) in [7, 11) is 2.98. The van der Waals surface area contributed by atoms with Gasteiger partial charge in [-0.1, -0.05) is 11.6 Å². The first-order valence-corrected chi connectivity index (χ1v) is 9.87. The molecule has 0 aliphatic heterocycles. The summed E-state index contributed by atoms with van der Waals surface area (Å²) in [5.74, 6) is -0.351. The summed E-state index contributed by atoms with van der Waals surface area (Å²) in [5, 5.41) is 4.98. The highest BCUT2D eigenvalue weighted by Gasteiger charge is 2.18. The molecule has 0 saturated heterocycles. The third-order valence-electron chi connectivity index (χ3n) is 4.01. The molecule has 0 aliphatic rings. The normalized spacial score (nSPS) is 10.4. The summed E-state index contributed by atoms with van der Waals surface area (Å²) in [4.78, 5) is 28.8. The molecule has 1 heterocycles. The second-order valence-electron chi connectivity index (χ2n) is 5.96. The molecule has 30 heavy (non-hydrogen) atoms. The van der Waals surface area contributed by atoms with Crippen molar-refractivity contribution in [2.45, 2.75) is 0 Å². The number of rotatable bonds is 7. The Balaban J connectivity index is 1.59. The van der Waals surface area contributed by atoms with Crippen molar-refractivity contribution in [1.29, 1.82) is 0 Å². The van der Waals surface area contributed by atoms with Crippen LogP contribution < -0.4 is 20.5 Å². The molecule has 0 saturated carbocycles. The molecule has 3 rings (SSSR count). The van der Waals surface area contributed by atoms with Gasteiger partial charge >= 0.3 is 5.97 Å². The summed E-state index contributed by atoms with van der Waals surface area (Å²) >= 11 is 7.20. The van der Waals surface area contributed by atoms with Crippen LogP contribution in [0.3, 0.4) is 0 Å². The second-order valence-corrected chi connectivity index (χ2v) is 7.23. The molecule has 0 spiro atoms. The molecule has 3 N–H and O–H groups in total. The van der Waals surface area contributed by atoms with Crippen LogP contribution in [0.2, 0.25) is 5.02 Å². The van der Waals surface area contributed by atoms with Crippen molar-refractivity contribution < 1.29 is 23.8 Å². The smallest absolute Gasteiger partial charge is 0.342 e. The van der Waals surface area contributed by atoms with Gasteiger partial charge in [0.2, 0.25) is 0 Å². The fraction of sp³-hybridized carbons (Fsp3) is 0.150. The van der Waals surface area contributed by atoms with Crippen molar-refractivity contribution >= 4 is 45.6 Å². The van der Waals surface area contributed by atoms with E-state index in [0.29, 0.717) is 10.8 Å². The van der Waals surface area contributed by atoms with Crippen LogP contribution in [0.5, 0.6) is 11.5 Å². The van der Waals surface area contributed by atoms with Gasteiger partial charge in [0, 0.05) is 17.0 Å². The van der Waals surface area contributed by atoms with Gasteiger partial charge in [0.05, 0.1) is 30.6 Å². The Bertz CT molecular complexity index is 1070. The zero-order valence-electron chi connectivity index (χ0n) is 16.1. The molecule has 8 nitrogen and oxygen atoms in total. The molecule has 0 fully saturated rings. The first-order chi connectivity index (χ1) is 14.4. The molecule has 156 valence electrons. The van der Waals surface area contributed by atoms with Gasteiger partial charge in [-0.2, -0.15) is 0 Å². The monoisotopic (exact) mass is 447 g/mol. The number of amides is 1. The number of benzene rings is 2. The van der Waals surface area contributed by atoms with Crippen LogP contribution in [0.1, 0.15) is 10.4 Å². The number of esters is 1. The molecule has 3 aromatic rings. The summed E-state index contributed by atoms with van der Waals surface area (Å²) in [6, 6.07) is 10.1. The number of nitrogens with one attached hydrogen (secondary N) is 1. The van der Waals surface area contributed by atoms with Crippen LogP contribution in [0, 0.1) is 0 Å². The van der Waals surface area contributed by atoms with Crippen LogP contribution in [0.4, 0.5) is 10.8 Å². The SMILES string of the molecule is COc1ccc(-c2csc(NC(=O)COC(=O)c3cc(Cl)c(N)cc3OC)n2)cc1. The van der Waals surface area contributed by atoms with Gasteiger partial charge in [0.15, 0.2) is 11.7 Å². The molecule has 0 atom stereocenters. The average molecular weight is 448 g/mol. The lowest BCUT2D eigenvalue weighted by molar-refractivity contribution is -0.119. The van der Waals surface area contributed by atoms with Gasteiger partial charge in [0.25, 0.3) is 5.91 Å². The van der Waals surface area contributed by atoms with Crippen molar-refractivity contribution in [2.75, 3.05) is 31.9 Å². The number of anilines is 2. The Hall–Kier alpha value is -3.30. The van der Waals surface area contributed by atoms with E-state index in [4.69, 9.17) is 31.5 Å². The number of nitrogen functional groups attached to an aromatic ring is 1. The molecule has 0 radical (unpaired) electrons. The molecule has 0 bridgehead atoms. The lowest BCUT2D eigenvalue weighted by Gasteiger charge is -2.10. The number of carbonyl (C=O) groups is 2. The number of nitrogens with two attached hydrogens (primary N) is 1. The van der Waals surface area contributed by atoms with Crippen LogP contribution in [-0.2, 0) is 9.53 Å². The van der Waals surface area contributed by atoms with E-state index in [1.165, 1.54) is 30.6 Å². The van der Waals surface area contributed by atoms with Gasteiger partial charge in [-0.15, -0.1) is 11.3 Å². The number of hydrogen-bond donors (Lipinski definition) is 2. The van der Waals surface area contributed by atoms with Gasteiger partial charge in [-0.25, -0.2) is 9.78 Å². The first kappa shape index (κ1) is 21.4. The molecule has 0 unspecified atom stereocenters. The van der Waals surface area contributed by atoms with Gasteiger partial charge in [-0.05, 0) is 30.3 Å². The Morgan fingerprint density at radius 3 is 2.57 bits per heavy atom. The summed E-state index contributed by atoms with van der Waals surface area (Å²) < 4.78 is 15.3. The van der Waals surface area contributed by atoms with Crippen molar-refractivity contribution in [2.24, 2.45) is 0 Å². The minimum absolute atomic E-state index is 0.0699. The highest BCUT2D eigenvalue weighted by atomic mass is 35.5. The topological polar surface area (TPSA) is 113 Å². The lowest BCUT2D eigenvalue weighted by Crippen LogP contribution is -2.21. The minimum Gasteiger partial charge on any atom is -0.497 e. The van der Waals surface area contributed by atoms with E-state index >= 15 is 0 Å². The van der Waals surface area contributed by atoms with Gasteiger partial charge in [0.1, 0.15) is 17.1 Å². The Morgan fingerprint density at radius 1 is 1.17 bits per heavy atom. The van der Waals surface area contributed by atoms with Crippen molar-refractivity contribution in [3.63, 3.8) is 0 Å². The Kier molecular flexibility index (Phi) is 6.76. The summed E-state index contributed by atoms with van der Waals surface area (Å²) in [6.45, 7) is -0.499. The number of aromatic nitrogens is 1. The van der Waals surface area contributed by atoms with E-state index in [1.807, 2.05) is 29.6 Å². The number of nitrogens with zero attached hydrogens (tertiary/aromatic N) is 1. The van der Waals surface area contributed by atoms with E-state index in [2.05, 4.69) is 10.3 Å². The quantitative estimate of drug-likeness (QED) is 0.417. The van der Waals surface area contributed by atoms with Crippen LogP contribution in [0.25, 0.3) is 11.3 Å². The maximum Gasteiger partial charge on any atom is 0.342 e. The predicted molar refractivity (Wildman–Crippen MR) is 115 cm³/mol. The van der Waals surface area contributed by atoms with Crippen molar-refractivity contribution in [3.8, 4) is 22.8 Å². The molecule has 0 aliphatic carbocycles. The van der Waals surface area contributed by atoms with E-state index in [9.17, 15) is 9.59 Å². The van der Waals surface area contributed by atoms with Crippen LogP contribution >= 0.6 is 22.9 Å². The molecular formula is C20H18ClN3O5S. The van der Waals surface area contributed by atoms with Gasteiger partial charge < -0.3 is 19.9 Å². The number of halogens is 1. The van der Waals surface area contributed by atoms with Crippen molar-refractivity contribution in [1.82, 2.24) is 4.98 Å². The van der Waals surface area contributed by atoms with Crippen LogP contribution in [0.15, 0.2) is 41.8 Å². The number of thiazole rings is 1. The maximum absolute atomic E-state index is 12.3. The Morgan fingerprint density at radius 2 is 1.90 bits per heavy atom. The molecule has 1 aromatic heterocycles. The third-order valence-corrected chi connectivity index (χ3v) is 5.09. The first-order valence-electron chi connectivity index (χ1n) is 8.61. The number of hydrogen-bond acceptors (Lipinski definition) is 8. The zero-order valence-corrected chi connectivity index (χ0v) is 17.7. The zero-order chi connectivity index (χ0) is 21.7. The van der Waals surface area contributed by atoms with E-state index in [0.717, 1.165) is 11.3 Å². The predicted octanol–water partition coefficient (Wildman–Crippen LogP) is 3.86. The fourth-order valence-electron chi connectivity index (χ4n) is 2.49. The highest BCUT2D eigenvalue weighted by molar-refractivity contribution is 7.14. The number of methoxy groups -OCH3 is 2. The van der Waals surface area contributed by atoms with Gasteiger partial charge in [-0.3, -0.25) is 10.1 Å². The average Bonchev–Trinajstić information content (AvgIpc) is 3.22. The third kappa shape index (κ3) is 5.00. The summed E-state index contributed by atoms with van der Waals surface area (Å²) in [6.07, 6.45) is 0. The maximum atomic E-state index is 12.3. The van der Waals surface area contributed by atoms with Crippen LogP contribution in [-0.4, -0.2) is 37.7 Å². The van der Waals surface area contributed by atoms with E-state index < -0.39 is 18.5 Å². The van der Waals surface area contributed by atoms with E-state index in [1.54, 1.807) is 7.11 Å².